The van der Waals surface area contributed by atoms with Crippen LogP contribution in [-0.4, -0.2) is 32.3 Å². The maximum atomic E-state index is 6.00. The van der Waals surface area contributed by atoms with Gasteiger partial charge in [-0.1, -0.05) is 30.3 Å². The van der Waals surface area contributed by atoms with E-state index in [9.17, 15) is 0 Å². The smallest absolute Gasteiger partial charge is 0.192 e. The normalized spacial score (nSPS) is 27.6. The second kappa shape index (κ2) is 6.29. The molecule has 0 aromatic heterocycles. The van der Waals surface area contributed by atoms with E-state index in [2.05, 4.69) is 5.32 Å². The van der Waals surface area contributed by atoms with Crippen molar-refractivity contribution in [1.82, 2.24) is 5.32 Å². The average Bonchev–Trinajstić information content (AvgIpc) is 2.79. The summed E-state index contributed by atoms with van der Waals surface area (Å²) in [4.78, 5) is 0. The summed E-state index contributed by atoms with van der Waals surface area (Å²) < 4.78 is 11.8. The predicted octanol–water partition coefficient (Wildman–Crippen LogP) is 1.21. The Hall–Kier alpha value is -0.940. The molecule has 4 nitrogen and oxygen atoms in total. The number of ether oxygens (including phenoxy) is 2. The first kappa shape index (κ1) is 13.5. The van der Waals surface area contributed by atoms with Crippen molar-refractivity contribution in [3.05, 3.63) is 35.9 Å². The van der Waals surface area contributed by atoms with Gasteiger partial charge in [0, 0.05) is 12.1 Å². The molecule has 4 heteroatoms. The van der Waals surface area contributed by atoms with E-state index in [0.29, 0.717) is 6.61 Å². The van der Waals surface area contributed by atoms with E-state index in [-0.39, 0.29) is 6.10 Å². The van der Waals surface area contributed by atoms with Crippen LogP contribution in [0.3, 0.4) is 0 Å². The number of nitrogens with two attached hydrogens (primary N) is 1. The van der Waals surface area contributed by atoms with Gasteiger partial charge in [-0.25, -0.2) is 0 Å². The maximum absolute atomic E-state index is 6.00. The topological polar surface area (TPSA) is 56.5 Å². The summed E-state index contributed by atoms with van der Waals surface area (Å²) in [6.07, 6.45) is 1.09. The summed E-state index contributed by atoms with van der Waals surface area (Å²) in [6, 6.07) is 10.1. The van der Waals surface area contributed by atoms with Crippen LogP contribution in [0.5, 0.6) is 0 Å². The first-order valence-corrected chi connectivity index (χ1v) is 6.53. The third kappa shape index (κ3) is 3.29. The van der Waals surface area contributed by atoms with Crippen LogP contribution in [0.1, 0.15) is 18.9 Å². The van der Waals surface area contributed by atoms with Gasteiger partial charge in [0.15, 0.2) is 5.79 Å². The van der Waals surface area contributed by atoms with Crippen molar-refractivity contribution in [1.29, 1.82) is 0 Å². The standard InChI is InChI=1S/C14H22N2O2/c1-14(12-6-3-2-4-7-12)17-11-13(18-14)10-16-9-5-8-15/h2-4,6-7,13,16H,5,8-11,15H2,1H3. The molecule has 2 atom stereocenters. The summed E-state index contributed by atoms with van der Waals surface area (Å²) in [6.45, 7) is 5.06. The van der Waals surface area contributed by atoms with Gasteiger partial charge in [-0.2, -0.15) is 0 Å². The minimum Gasteiger partial charge on any atom is -0.343 e. The van der Waals surface area contributed by atoms with Gasteiger partial charge in [0.2, 0.25) is 0 Å². The van der Waals surface area contributed by atoms with E-state index < -0.39 is 5.79 Å². The first-order valence-electron chi connectivity index (χ1n) is 6.53. The largest absolute Gasteiger partial charge is 0.343 e. The zero-order valence-electron chi connectivity index (χ0n) is 10.9. The molecular weight excluding hydrogens is 228 g/mol. The predicted molar refractivity (Wildman–Crippen MR) is 71.2 cm³/mol. The fourth-order valence-corrected chi connectivity index (χ4v) is 2.12. The Kier molecular flexibility index (Phi) is 4.72. The van der Waals surface area contributed by atoms with Gasteiger partial charge in [0.1, 0.15) is 0 Å². The van der Waals surface area contributed by atoms with Gasteiger partial charge in [0.05, 0.1) is 12.7 Å². The molecule has 1 aliphatic rings. The third-order valence-electron chi connectivity index (χ3n) is 3.16. The quantitative estimate of drug-likeness (QED) is 0.745. The van der Waals surface area contributed by atoms with E-state index in [1.54, 1.807) is 0 Å². The number of nitrogens with one attached hydrogen (secondary N) is 1. The van der Waals surface area contributed by atoms with Crippen LogP contribution in [0.4, 0.5) is 0 Å². The lowest BCUT2D eigenvalue weighted by Crippen LogP contribution is -2.31. The van der Waals surface area contributed by atoms with E-state index >= 15 is 0 Å². The highest BCUT2D eigenvalue weighted by atomic mass is 16.7. The molecule has 1 fully saturated rings. The fourth-order valence-electron chi connectivity index (χ4n) is 2.12. The molecule has 1 aromatic carbocycles. The molecule has 100 valence electrons. The van der Waals surface area contributed by atoms with Crippen molar-refractivity contribution >= 4 is 0 Å². The Labute approximate surface area is 108 Å². The Morgan fingerprint density at radius 1 is 1.39 bits per heavy atom. The van der Waals surface area contributed by atoms with Crippen molar-refractivity contribution in [3.63, 3.8) is 0 Å². The SMILES string of the molecule is CC1(c2ccccc2)OCC(CNCCCN)O1. The molecule has 1 aromatic rings. The molecule has 3 N–H and O–H groups in total. The fraction of sp³-hybridized carbons (Fsp3) is 0.571. The van der Waals surface area contributed by atoms with Crippen LogP contribution in [-0.2, 0) is 15.3 Å². The van der Waals surface area contributed by atoms with Crippen molar-refractivity contribution in [2.75, 3.05) is 26.2 Å². The first-order chi connectivity index (χ1) is 8.74. The lowest BCUT2D eigenvalue weighted by atomic mass is 10.1. The molecule has 18 heavy (non-hydrogen) atoms. The van der Waals surface area contributed by atoms with Gasteiger partial charge in [0.25, 0.3) is 0 Å². The van der Waals surface area contributed by atoms with E-state index in [0.717, 1.165) is 31.6 Å². The lowest BCUT2D eigenvalue weighted by Gasteiger charge is -2.23. The zero-order valence-corrected chi connectivity index (χ0v) is 10.9. The van der Waals surface area contributed by atoms with Crippen molar-refractivity contribution in [3.8, 4) is 0 Å². The van der Waals surface area contributed by atoms with Gasteiger partial charge >= 0.3 is 0 Å². The van der Waals surface area contributed by atoms with Crippen LogP contribution in [0, 0.1) is 0 Å². The van der Waals surface area contributed by atoms with Crippen molar-refractivity contribution in [2.45, 2.75) is 25.2 Å². The summed E-state index contributed by atoms with van der Waals surface area (Å²) in [7, 11) is 0. The zero-order chi connectivity index (χ0) is 12.8. The van der Waals surface area contributed by atoms with E-state index in [1.165, 1.54) is 0 Å². The Morgan fingerprint density at radius 2 is 2.17 bits per heavy atom. The Morgan fingerprint density at radius 3 is 2.89 bits per heavy atom. The number of rotatable bonds is 6. The van der Waals surface area contributed by atoms with E-state index in [4.69, 9.17) is 15.2 Å². The molecule has 0 saturated carbocycles. The molecule has 0 bridgehead atoms. The molecule has 1 saturated heterocycles. The molecule has 1 heterocycles. The molecule has 2 rings (SSSR count). The summed E-state index contributed by atoms with van der Waals surface area (Å²) in [5.74, 6) is -0.610. The summed E-state index contributed by atoms with van der Waals surface area (Å²) in [5.41, 5.74) is 6.51. The van der Waals surface area contributed by atoms with E-state index in [1.807, 2.05) is 37.3 Å². The van der Waals surface area contributed by atoms with Crippen LogP contribution < -0.4 is 11.1 Å². The molecular formula is C14H22N2O2. The minimum absolute atomic E-state index is 0.105. The number of benzene rings is 1. The van der Waals surface area contributed by atoms with Gasteiger partial charge < -0.3 is 20.5 Å². The monoisotopic (exact) mass is 250 g/mol. The molecule has 0 radical (unpaired) electrons. The lowest BCUT2D eigenvalue weighted by molar-refractivity contribution is -0.161. The number of hydrogen-bond donors (Lipinski definition) is 2. The Balaban J connectivity index is 1.84. The molecule has 1 aliphatic heterocycles. The second-order valence-electron chi connectivity index (χ2n) is 4.71. The van der Waals surface area contributed by atoms with Crippen LogP contribution >= 0.6 is 0 Å². The molecule has 0 spiro atoms. The highest BCUT2D eigenvalue weighted by Crippen LogP contribution is 2.33. The number of hydrogen-bond acceptors (Lipinski definition) is 4. The van der Waals surface area contributed by atoms with Crippen LogP contribution in [0.2, 0.25) is 0 Å². The van der Waals surface area contributed by atoms with Crippen molar-refractivity contribution in [2.24, 2.45) is 5.73 Å². The molecule has 0 amide bonds. The van der Waals surface area contributed by atoms with Crippen molar-refractivity contribution < 1.29 is 9.47 Å². The Bertz CT molecular complexity index is 358. The third-order valence-corrected chi connectivity index (χ3v) is 3.16. The summed E-state index contributed by atoms with van der Waals surface area (Å²) >= 11 is 0. The summed E-state index contributed by atoms with van der Waals surface area (Å²) in [5, 5.41) is 3.33. The van der Waals surface area contributed by atoms with Crippen LogP contribution in [0.25, 0.3) is 0 Å². The molecule has 2 unspecified atom stereocenters. The maximum Gasteiger partial charge on any atom is 0.192 e. The van der Waals surface area contributed by atoms with Gasteiger partial charge in [-0.3, -0.25) is 0 Å². The highest BCUT2D eigenvalue weighted by Gasteiger charge is 2.38. The average molecular weight is 250 g/mol. The van der Waals surface area contributed by atoms with Gasteiger partial charge in [-0.15, -0.1) is 0 Å². The van der Waals surface area contributed by atoms with Crippen LogP contribution in [0.15, 0.2) is 30.3 Å². The highest BCUT2D eigenvalue weighted by molar-refractivity contribution is 5.20. The second-order valence-corrected chi connectivity index (χ2v) is 4.71. The molecule has 0 aliphatic carbocycles. The van der Waals surface area contributed by atoms with Gasteiger partial charge in [-0.05, 0) is 26.4 Å². The minimum atomic E-state index is -0.610.